The number of aliphatic imine (C=N–C) groups is 1. The SMILES string of the molecule is CCNC(=NCc1ccc(OC)cc1OC)NCCCN1CCC(O)CC1.I. The van der Waals surface area contributed by atoms with Gasteiger partial charge in [0.25, 0.3) is 0 Å². The van der Waals surface area contributed by atoms with Gasteiger partial charge in [-0.3, -0.25) is 0 Å². The van der Waals surface area contributed by atoms with Crippen LogP contribution in [0.25, 0.3) is 0 Å². The number of ether oxygens (including phenoxy) is 2. The van der Waals surface area contributed by atoms with Crippen molar-refractivity contribution in [2.45, 2.75) is 38.8 Å². The van der Waals surface area contributed by atoms with E-state index in [4.69, 9.17) is 9.47 Å². The van der Waals surface area contributed by atoms with Crippen LogP contribution in [0.3, 0.4) is 0 Å². The molecule has 1 aliphatic heterocycles. The summed E-state index contributed by atoms with van der Waals surface area (Å²) in [5.74, 6) is 2.36. The Balaban J connectivity index is 0.00000392. The number of rotatable bonds is 9. The highest BCUT2D eigenvalue weighted by Gasteiger charge is 2.16. The maximum absolute atomic E-state index is 9.57. The first-order chi connectivity index (χ1) is 13.2. The summed E-state index contributed by atoms with van der Waals surface area (Å²) >= 11 is 0. The number of aliphatic hydroxyl groups is 1. The molecule has 1 saturated heterocycles. The lowest BCUT2D eigenvalue weighted by molar-refractivity contribution is 0.0823. The summed E-state index contributed by atoms with van der Waals surface area (Å²) in [6.45, 7) is 7.31. The zero-order valence-electron chi connectivity index (χ0n) is 17.2. The van der Waals surface area contributed by atoms with Crippen LogP contribution >= 0.6 is 24.0 Å². The van der Waals surface area contributed by atoms with Crippen molar-refractivity contribution < 1.29 is 14.6 Å². The zero-order valence-corrected chi connectivity index (χ0v) is 19.6. The minimum Gasteiger partial charge on any atom is -0.497 e. The van der Waals surface area contributed by atoms with Crippen LogP contribution in [0.2, 0.25) is 0 Å². The molecule has 0 aromatic heterocycles. The first-order valence-electron chi connectivity index (χ1n) is 9.79. The molecular formula is C20H35IN4O3. The third-order valence-electron chi connectivity index (χ3n) is 4.75. The Morgan fingerprint density at radius 2 is 1.96 bits per heavy atom. The van der Waals surface area contributed by atoms with Crippen molar-refractivity contribution in [1.82, 2.24) is 15.5 Å². The number of piperidine rings is 1. The minimum absolute atomic E-state index is 0. The number of likely N-dealkylation sites (tertiary alicyclic amines) is 1. The van der Waals surface area contributed by atoms with Gasteiger partial charge in [0, 0.05) is 37.8 Å². The van der Waals surface area contributed by atoms with E-state index in [0.717, 1.165) is 75.0 Å². The topological polar surface area (TPSA) is 78.4 Å². The fourth-order valence-electron chi connectivity index (χ4n) is 3.14. The minimum atomic E-state index is -0.109. The summed E-state index contributed by atoms with van der Waals surface area (Å²) in [5, 5.41) is 16.3. The number of methoxy groups -OCH3 is 2. The molecule has 2 rings (SSSR count). The van der Waals surface area contributed by atoms with Gasteiger partial charge < -0.3 is 30.1 Å². The van der Waals surface area contributed by atoms with Gasteiger partial charge in [-0.1, -0.05) is 0 Å². The van der Waals surface area contributed by atoms with Crippen LogP contribution < -0.4 is 20.1 Å². The van der Waals surface area contributed by atoms with E-state index in [1.165, 1.54) is 0 Å². The van der Waals surface area contributed by atoms with Crippen molar-refractivity contribution in [2.24, 2.45) is 4.99 Å². The number of hydrogen-bond acceptors (Lipinski definition) is 5. The Morgan fingerprint density at radius 1 is 1.21 bits per heavy atom. The molecule has 28 heavy (non-hydrogen) atoms. The van der Waals surface area contributed by atoms with Crippen LogP contribution in [0.15, 0.2) is 23.2 Å². The molecule has 1 aliphatic rings. The van der Waals surface area contributed by atoms with E-state index in [1.54, 1.807) is 14.2 Å². The van der Waals surface area contributed by atoms with Gasteiger partial charge in [0.1, 0.15) is 11.5 Å². The second kappa shape index (κ2) is 13.8. The van der Waals surface area contributed by atoms with Gasteiger partial charge >= 0.3 is 0 Å². The molecule has 1 heterocycles. The lowest BCUT2D eigenvalue weighted by Gasteiger charge is -2.29. The molecule has 160 valence electrons. The second-order valence-corrected chi connectivity index (χ2v) is 6.73. The third kappa shape index (κ3) is 8.40. The molecule has 1 aromatic carbocycles. The molecule has 0 bridgehead atoms. The van der Waals surface area contributed by atoms with Crippen molar-refractivity contribution in [3.05, 3.63) is 23.8 Å². The van der Waals surface area contributed by atoms with Crippen molar-refractivity contribution in [3.8, 4) is 11.5 Å². The molecule has 0 radical (unpaired) electrons. The standard InChI is InChI=1S/C20H34N4O3.HI/c1-4-21-20(22-10-5-11-24-12-8-17(25)9-13-24)23-15-16-6-7-18(26-2)14-19(16)27-3;/h6-7,14,17,25H,4-5,8-13,15H2,1-3H3,(H2,21,22,23);1H. The highest BCUT2D eigenvalue weighted by Crippen LogP contribution is 2.25. The van der Waals surface area contributed by atoms with Gasteiger partial charge in [-0.15, -0.1) is 24.0 Å². The van der Waals surface area contributed by atoms with Crippen LogP contribution in [0.5, 0.6) is 11.5 Å². The van der Waals surface area contributed by atoms with E-state index in [0.29, 0.717) is 6.54 Å². The monoisotopic (exact) mass is 506 g/mol. The normalized spacial score (nSPS) is 15.6. The molecule has 0 saturated carbocycles. The molecule has 0 aliphatic carbocycles. The van der Waals surface area contributed by atoms with Crippen LogP contribution in [0.4, 0.5) is 0 Å². The maximum atomic E-state index is 9.57. The van der Waals surface area contributed by atoms with E-state index in [1.807, 2.05) is 18.2 Å². The summed E-state index contributed by atoms with van der Waals surface area (Å²) in [4.78, 5) is 7.09. The lowest BCUT2D eigenvalue weighted by Crippen LogP contribution is -2.40. The van der Waals surface area contributed by atoms with Crippen molar-refractivity contribution in [1.29, 1.82) is 0 Å². The first kappa shape index (κ1) is 24.8. The highest BCUT2D eigenvalue weighted by atomic mass is 127. The number of nitrogens with zero attached hydrogens (tertiary/aromatic N) is 2. The molecular weight excluding hydrogens is 471 g/mol. The zero-order chi connectivity index (χ0) is 19.5. The van der Waals surface area contributed by atoms with Gasteiger partial charge in [-0.05, 0) is 44.9 Å². The molecule has 1 fully saturated rings. The molecule has 1 aromatic rings. The maximum Gasteiger partial charge on any atom is 0.191 e. The summed E-state index contributed by atoms with van der Waals surface area (Å²) < 4.78 is 10.7. The quantitative estimate of drug-likeness (QED) is 0.207. The average Bonchev–Trinajstić information content (AvgIpc) is 2.70. The summed E-state index contributed by atoms with van der Waals surface area (Å²) in [7, 11) is 3.30. The van der Waals surface area contributed by atoms with Gasteiger partial charge in [0.2, 0.25) is 0 Å². The fraction of sp³-hybridized carbons (Fsp3) is 0.650. The summed E-state index contributed by atoms with van der Waals surface area (Å²) in [5.41, 5.74) is 1.02. The Labute approximate surface area is 185 Å². The van der Waals surface area contributed by atoms with Crippen LogP contribution in [0, 0.1) is 0 Å². The van der Waals surface area contributed by atoms with Crippen LogP contribution in [0.1, 0.15) is 31.7 Å². The van der Waals surface area contributed by atoms with Crippen LogP contribution in [-0.4, -0.2) is 69.0 Å². The number of halogens is 1. The molecule has 0 amide bonds. The summed E-state index contributed by atoms with van der Waals surface area (Å²) in [6.07, 6.45) is 2.72. The van der Waals surface area contributed by atoms with Gasteiger partial charge in [-0.25, -0.2) is 4.99 Å². The van der Waals surface area contributed by atoms with E-state index >= 15 is 0 Å². The van der Waals surface area contributed by atoms with E-state index in [-0.39, 0.29) is 30.1 Å². The number of nitrogens with one attached hydrogen (secondary N) is 2. The second-order valence-electron chi connectivity index (χ2n) is 6.73. The molecule has 0 spiro atoms. The third-order valence-corrected chi connectivity index (χ3v) is 4.75. The van der Waals surface area contributed by atoms with E-state index in [9.17, 15) is 5.11 Å². The van der Waals surface area contributed by atoms with Crippen molar-refractivity contribution in [3.63, 3.8) is 0 Å². The molecule has 0 unspecified atom stereocenters. The number of hydrogen-bond donors (Lipinski definition) is 3. The lowest BCUT2D eigenvalue weighted by atomic mass is 10.1. The largest absolute Gasteiger partial charge is 0.497 e. The highest BCUT2D eigenvalue weighted by molar-refractivity contribution is 14.0. The number of aliphatic hydroxyl groups excluding tert-OH is 1. The van der Waals surface area contributed by atoms with Crippen molar-refractivity contribution >= 4 is 29.9 Å². The molecule has 0 atom stereocenters. The van der Waals surface area contributed by atoms with E-state index < -0.39 is 0 Å². The Kier molecular flexibility index (Phi) is 12.2. The molecule has 3 N–H and O–H groups in total. The molecule has 8 heteroatoms. The fourth-order valence-corrected chi connectivity index (χ4v) is 3.14. The van der Waals surface area contributed by atoms with E-state index in [2.05, 4.69) is 27.4 Å². The predicted octanol–water partition coefficient (Wildman–Crippen LogP) is 2.22. The molecule has 7 nitrogen and oxygen atoms in total. The predicted molar refractivity (Wildman–Crippen MR) is 124 cm³/mol. The van der Waals surface area contributed by atoms with Gasteiger partial charge in [0.15, 0.2) is 5.96 Å². The number of guanidine groups is 1. The smallest absolute Gasteiger partial charge is 0.191 e. The Bertz CT molecular complexity index is 593. The van der Waals surface area contributed by atoms with Gasteiger partial charge in [0.05, 0.1) is 26.9 Å². The van der Waals surface area contributed by atoms with Crippen LogP contribution in [-0.2, 0) is 6.54 Å². The van der Waals surface area contributed by atoms with Gasteiger partial charge in [-0.2, -0.15) is 0 Å². The Hall–Kier alpha value is -1.26. The average molecular weight is 506 g/mol. The Morgan fingerprint density at radius 3 is 2.61 bits per heavy atom. The first-order valence-corrected chi connectivity index (χ1v) is 9.79. The van der Waals surface area contributed by atoms with Crippen molar-refractivity contribution in [2.75, 3.05) is 46.9 Å². The number of benzene rings is 1. The summed E-state index contributed by atoms with van der Waals surface area (Å²) in [6, 6.07) is 5.78.